The van der Waals surface area contributed by atoms with E-state index in [9.17, 15) is 4.79 Å². The first-order valence-electron chi connectivity index (χ1n) is 1.81. The first kappa shape index (κ1) is 13.5. The third kappa shape index (κ3) is 23.1. The number of aliphatic carboxylic acids is 1. The Morgan fingerprint density at radius 2 is 1.20 bits per heavy atom. The molecule has 2 nitrogen and oxygen atoms in total. The molecular formula is C3H3Cl5O2. The summed E-state index contributed by atoms with van der Waals surface area (Å²) < 4.78 is -0.750. The van der Waals surface area contributed by atoms with E-state index in [0.29, 0.717) is 0 Å². The second kappa shape index (κ2) is 8.02. The van der Waals surface area contributed by atoms with Crippen molar-refractivity contribution in [3.8, 4) is 0 Å². The van der Waals surface area contributed by atoms with Gasteiger partial charge in [0.25, 0.3) is 0 Å². The standard InChI is InChI=1S/C2H2Cl2O2.CHCl3/c3-1(4)2(5)6;2-1(3)4/h1H,(H,5,6);1H. The molecule has 10 heavy (non-hydrogen) atoms. The van der Waals surface area contributed by atoms with Gasteiger partial charge in [0.2, 0.25) is 4.84 Å². The lowest BCUT2D eigenvalue weighted by Gasteiger charge is -1.84. The normalized spacial score (nSPS) is 9.10. The maximum atomic E-state index is 9.44. The molecule has 0 heterocycles. The van der Waals surface area contributed by atoms with E-state index in [1.54, 1.807) is 0 Å². The Labute approximate surface area is 82.9 Å². The van der Waals surface area contributed by atoms with E-state index < -0.39 is 15.1 Å². The van der Waals surface area contributed by atoms with Gasteiger partial charge in [-0.3, -0.25) is 0 Å². The van der Waals surface area contributed by atoms with E-state index in [-0.39, 0.29) is 0 Å². The highest BCUT2D eigenvalue weighted by Gasteiger charge is 2.05. The van der Waals surface area contributed by atoms with Crippen LogP contribution in [0.4, 0.5) is 0 Å². The predicted octanol–water partition coefficient (Wildman–Crippen LogP) is 2.86. The summed E-state index contributed by atoms with van der Waals surface area (Å²) in [6, 6.07) is 0. The van der Waals surface area contributed by atoms with Crippen LogP contribution >= 0.6 is 58.0 Å². The third-order valence-electron chi connectivity index (χ3n) is 0.187. The monoisotopic (exact) mass is 246 g/mol. The largest absolute Gasteiger partial charge is 0.479 e. The highest BCUT2D eigenvalue weighted by molar-refractivity contribution is 6.63. The molecule has 0 aliphatic heterocycles. The molecule has 0 aliphatic carbocycles. The van der Waals surface area contributed by atoms with Crippen molar-refractivity contribution in [3.05, 3.63) is 0 Å². The van der Waals surface area contributed by atoms with Gasteiger partial charge in [-0.25, -0.2) is 4.79 Å². The van der Waals surface area contributed by atoms with Crippen LogP contribution in [0.15, 0.2) is 0 Å². The average molecular weight is 248 g/mol. The van der Waals surface area contributed by atoms with Crippen molar-refractivity contribution in [1.82, 2.24) is 0 Å². The molecular weight excluding hydrogens is 245 g/mol. The van der Waals surface area contributed by atoms with Crippen LogP contribution in [-0.4, -0.2) is 20.2 Å². The van der Waals surface area contributed by atoms with Gasteiger partial charge in [-0.05, 0) is 0 Å². The molecule has 0 saturated heterocycles. The van der Waals surface area contributed by atoms with Crippen molar-refractivity contribution >= 4 is 64.0 Å². The van der Waals surface area contributed by atoms with E-state index in [2.05, 4.69) is 0 Å². The summed E-state index contributed by atoms with van der Waals surface area (Å²) in [6.45, 7) is 0. The van der Waals surface area contributed by atoms with Crippen molar-refractivity contribution in [2.45, 2.75) is 9.13 Å². The number of carboxylic acid groups (broad SMARTS) is 1. The first-order chi connectivity index (χ1) is 4.37. The number of hydrogen-bond donors (Lipinski definition) is 1. The predicted molar refractivity (Wildman–Crippen MR) is 44.5 cm³/mol. The highest BCUT2D eigenvalue weighted by atomic mass is 35.6. The number of carbonyl (C=O) groups is 1. The van der Waals surface area contributed by atoms with Crippen LogP contribution in [-0.2, 0) is 4.79 Å². The molecule has 0 aromatic rings. The summed E-state index contributed by atoms with van der Waals surface area (Å²) in [4.78, 5) is 8.15. The van der Waals surface area contributed by atoms with Crippen LogP contribution in [0.2, 0.25) is 0 Å². The number of hydrogen-bond acceptors (Lipinski definition) is 1. The molecule has 0 bridgehead atoms. The van der Waals surface area contributed by atoms with Gasteiger partial charge < -0.3 is 5.11 Å². The fourth-order valence-corrected chi connectivity index (χ4v) is 0. The molecule has 0 saturated carbocycles. The second-order valence-corrected chi connectivity index (χ2v) is 3.96. The fourth-order valence-electron chi connectivity index (χ4n) is 0. The molecule has 0 atom stereocenters. The summed E-state index contributed by atoms with van der Waals surface area (Å²) in [5.74, 6) is -1.21. The maximum absolute atomic E-state index is 9.44. The Morgan fingerprint density at radius 3 is 1.20 bits per heavy atom. The SMILES string of the molecule is ClC(Cl)Cl.O=C(O)C(Cl)Cl. The molecule has 7 heteroatoms. The smallest absolute Gasteiger partial charge is 0.337 e. The summed E-state index contributed by atoms with van der Waals surface area (Å²) in [6.07, 6.45) is 0. The van der Waals surface area contributed by atoms with Gasteiger partial charge >= 0.3 is 5.97 Å². The van der Waals surface area contributed by atoms with E-state index in [0.717, 1.165) is 0 Å². The number of rotatable bonds is 1. The van der Waals surface area contributed by atoms with Crippen LogP contribution in [0.5, 0.6) is 0 Å². The Kier molecular flexibility index (Phi) is 10.8. The molecule has 0 unspecified atom stereocenters. The number of alkyl halides is 5. The van der Waals surface area contributed by atoms with Gasteiger partial charge in [0.1, 0.15) is 0 Å². The molecule has 0 aliphatic rings. The highest BCUT2D eigenvalue weighted by Crippen LogP contribution is 2.03. The zero-order valence-electron chi connectivity index (χ0n) is 4.40. The molecule has 0 aromatic heterocycles. The van der Waals surface area contributed by atoms with Crippen LogP contribution in [0, 0.1) is 0 Å². The van der Waals surface area contributed by atoms with Crippen molar-refractivity contribution in [1.29, 1.82) is 0 Å². The molecule has 0 aromatic carbocycles. The topological polar surface area (TPSA) is 37.3 Å². The Balaban J connectivity index is 0. The molecule has 0 rings (SSSR count). The van der Waals surface area contributed by atoms with Crippen LogP contribution in [0.1, 0.15) is 0 Å². The second-order valence-electron chi connectivity index (χ2n) is 0.886. The number of carboxylic acids is 1. The molecule has 0 amide bonds. The van der Waals surface area contributed by atoms with Gasteiger partial charge in [0, 0.05) is 0 Å². The Morgan fingerprint density at radius 1 is 1.10 bits per heavy atom. The van der Waals surface area contributed by atoms with Crippen molar-refractivity contribution < 1.29 is 9.90 Å². The average Bonchev–Trinajstić information content (AvgIpc) is 1.63. The summed E-state index contributed by atoms with van der Waals surface area (Å²) in [5, 5.41) is 7.73. The minimum absolute atomic E-state index is 0.750. The summed E-state index contributed by atoms with van der Waals surface area (Å²) in [7, 11) is 0. The summed E-state index contributed by atoms with van der Waals surface area (Å²) >= 11 is 24.0. The fraction of sp³-hybridized carbons (Fsp3) is 0.667. The quantitative estimate of drug-likeness (QED) is 0.724. The lowest BCUT2D eigenvalue weighted by molar-refractivity contribution is -0.135. The van der Waals surface area contributed by atoms with Crippen LogP contribution < -0.4 is 0 Å². The summed E-state index contributed by atoms with van der Waals surface area (Å²) in [5.41, 5.74) is 0. The van der Waals surface area contributed by atoms with Crippen molar-refractivity contribution in [2.24, 2.45) is 0 Å². The van der Waals surface area contributed by atoms with E-state index in [1.807, 2.05) is 0 Å². The minimum atomic E-state index is -1.29. The zero-order chi connectivity index (χ0) is 8.73. The van der Waals surface area contributed by atoms with Gasteiger partial charge in [-0.15, -0.1) is 0 Å². The molecule has 0 fully saturated rings. The third-order valence-corrected chi connectivity index (χ3v) is 0.560. The minimum Gasteiger partial charge on any atom is -0.479 e. The maximum Gasteiger partial charge on any atom is 0.337 e. The lowest BCUT2D eigenvalue weighted by atomic mass is 10.8. The van der Waals surface area contributed by atoms with Crippen molar-refractivity contribution in [2.75, 3.05) is 0 Å². The van der Waals surface area contributed by atoms with E-state index in [1.165, 1.54) is 0 Å². The Bertz CT molecular complexity index is 90.1. The number of halogens is 5. The van der Waals surface area contributed by atoms with Crippen LogP contribution in [0.3, 0.4) is 0 Å². The van der Waals surface area contributed by atoms with Gasteiger partial charge in [-0.2, -0.15) is 0 Å². The van der Waals surface area contributed by atoms with Gasteiger partial charge in [0.15, 0.2) is 4.30 Å². The van der Waals surface area contributed by atoms with Crippen molar-refractivity contribution in [3.63, 3.8) is 0 Å². The zero-order valence-corrected chi connectivity index (χ0v) is 8.18. The first-order valence-corrected chi connectivity index (χ1v) is 3.99. The molecule has 0 radical (unpaired) electrons. The van der Waals surface area contributed by atoms with Gasteiger partial charge in [0.05, 0.1) is 0 Å². The lowest BCUT2D eigenvalue weighted by Crippen LogP contribution is -2.03. The van der Waals surface area contributed by atoms with E-state index >= 15 is 0 Å². The van der Waals surface area contributed by atoms with E-state index in [4.69, 9.17) is 63.1 Å². The Hall–Kier alpha value is 0.920. The molecule has 0 spiro atoms. The molecule has 62 valence electrons. The van der Waals surface area contributed by atoms with Gasteiger partial charge in [-0.1, -0.05) is 58.0 Å². The molecule has 1 N–H and O–H groups in total. The van der Waals surface area contributed by atoms with Crippen LogP contribution in [0.25, 0.3) is 0 Å².